The Morgan fingerprint density at radius 1 is 1.06 bits per heavy atom. The van der Waals surface area contributed by atoms with E-state index in [2.05, 4.69) is 10.3 Å². The van der Waals surface area contributed by atoms with Gasteiger partial charge in [0.25, 0.3) is 5.91 Å². The standard InChI is InChI=1S/C25H18ClFN2O4/c1-33-25(32)19-12-21(29-24(31)17-4-2-3-5-20(17)26)18-11-15(13-28-22(18)23(19)30)10-14-6-8-16(27)9-7-14/h2-9,11-13,30H,10H2,1H3,(H,29,31). The number of hydrogen-bond donors (Lipinski definition) is 2. The quantitative estimate of drug-likeness (QED) is 0.306. The molecular formula is C25H18ClFN2O4. The van der Waals surface area contributed by atoms with Crippen molar-refractivity contribution in [1.29, 1.82) is 0 Å². The highest BCUT2D eigenvalue weighted by atomic mass is 35.5. The van der Waals surface area contributed by atoms with E-state index in [0.717, 1.165) is 11.1 Å². The van der Waals surface area contributed by atoms with Gasteiger partial charge in [0, 0.05) is 11.6 Å². The van der Waals surface area contributed by atoms with Gasteiger partial charge in [-0.05, 0) is 53.9 Å². The number of phenols is 1. The molecule has 0 fully saturated rings. The number of benzene rings is 3. The molecule has 1 amide bonds. The number of aromatic hydroxyl groups is 1. The molecule has 0 aliphatic carbocycles. The molecule has 0 spiro atoms. The molecule has 0 saturated carbocycles. The summed E-state index contributed by atoms with van der Waals surface area (Å²) in [4.78, 5) is 29.4. The molecule has 0 saturated heterocycles. The molecule has 6 nitrogen and oxygen atoms in total. The number of nitrogens with zero attached hydrogens (tertiary/aromatic N) is 1. The maximum absolute atomic E-state index is 13.2. The summed E-state index contributed by atoms with van der Waals surface area (Å²) >= 11 is 6.15. The number of hydrogen-bond acceptors (Lipinski definition) is 5. The Hall–Kier alpha value is -3.97. The normalized spacial score (nSPS) is 10.8. The van der Waals surface area contributed by atoms with Gasteiger partial charge in [-0.2, -0.15) is 0 Å². The summed E-state index contributed by atoms with van der Waals surface area (Å²) in [6.07, 6.45) is 1.99. The van der Waals surface area contributed by atoms with Crippen LogP contribution in [0.1, 0.15) is 31.8 Å². The van der Waals surface area contributed by atoms with Crippen molar-refractivity contribution in [3.63, 3.8) is 0 Å². The van der Waals surface area contributed by atoms with E-state index in [1.165, 1.54) is 25.3 Å². The fraction of sp³-hybridized carbons (Fsp3) is 0.0800. The predicted octanol–water partition coefficient (Wildman–Crippen LogP) is 5.36. The van der Waals surface area contributed by atoms with Crippen molar-refractivity contribution >= 4 is 40.1 Å². The Balaban J connectivity index is 1.81. The summed E-state index contributed by atoms with van der Waals surface area (Å²) in [7, 11) is 1.19. The van der Waals surface area contributed by atoms with Crippen molar-refractivity contribution in [1.82, 2.24) is 4.98 Å². The molecule has 0 aliphatic rings. The number of nitrogens with one attached hydrogen (secondary N) is 1. The number of aromatic nitrogens is 1. The van der Waals surface area contributed by atoms with Crippen LogP contribution in [0.4, 0.5) is 10.1 Å². The summed E-state index contributed by atoms with van der Waals surface area (Å²) in [6.45, 7) is 0. The summed E-state index contributed by atoms with van der Waals surface area (Å²) in [5.74, 6) is -1.96. The second-order valence-electron chi connectivity index (χ2n) is 7.29. The molecule has 3 aromatic carbocycles. The fourth-order valence-corrected chi connectivity index (χ4v) is 3.68. The number of halogens is 2. The van der Waals surface area contributed by atoms with Crippen LogP contribution in [0, 0.1) is 5.82 Å². The van der Waals surface area contributed by atoms with Gasteiger partial charge in [0.1, 0.15) is 16.9 Å². The number of carbonyl (C=O) groups excluding carboxylic acids is 2. The molecule has 1 aromatic heterocycles. The fourth-order valence-electron chi connectivity index (χ4n) is 3.46. The molecule has 8 heteroatoms. The Morgan fingerprint density at radius 3 is 2.48 bits per heavy atom. The number of esters is 1. The lowest BCUT2D eigenvalue weighted by atomic mass is 10.0. The zero-order valence-electron chi connectivity index (χ0n) is 17.4. The highest BCUT2D eigenvalue weighted by Crippen LogP contribution is 2.35. The number of pyridine rings is 1. The smallest absolute Gasteiger partial charge is 0.341 e. The number of carbonyl (C=O) groups is 2. The highest BCUT2D eigenvalue weighted by Gasteiger charge is 2.21. The zero-order chi connectivity index (χ0) is 23.5. The molecule has 4 rings (SSSR count). The Kier molecular flexibility index (Phi) is 6.24. The Bertz CT molecular complexity index is 1370. The number of rotatable bonds is 5. The van der Waals surface area contributed by atoms with Crippen LogP contribution < -0.4 is 5.32 Å². The van der Waals surface area contributed by atoms with E-state index < -0.39 is 11.9 Å². The second kappa shape index (κ2) is 9.26. The van der Waals surface area contributed by atoms with Crippen LogP contribution in [-0.2, 0) is 11.2 Å². The molecule has 33 heavy (non-hydrogen) atoms. The van der Waals surface area contributed by atoms with Gasteiger partial charge in [0.05, 0.1) is 23.4 Å². The second-order valence-corrected chi connectivity index (χ2v) is 7.70. The van der Waals surface area contributed by atoms with E-state index in [1.807, 2.05) is 0 Å². The molecule has 2 N–H and O–H groups in total. The van der Waals surface area contributed by atoms with Crippen LogP contribution in [0.2, 0.25) is 5.02 Å². The average Bonchev–Trinajstić information content (AvgIpc) is 2.82. The SMILES string of the molecule is COC(=O)c1cc(NC(=O)c2ccccc2Cl)c2cc(Cc3ccc(F)cc3)cnc2c1O. The van der Waals surface area contributed by atoms with Crippen LogP contribution in [-0.4, -0.2) is 29.1 Å². The van der Waals surface area contributed by atoms with E-state index in [4.69, 9.17) is 16.3 Å². The molecule has 166 valence electrons. The summed E-state index contributed by atoms with van der Waals surface area (Å²) in [6, 6.07) is 15.7. The summed E-state index contributed by atoms with van der Waals surface area (Å²) < 4.78 is 18.0. The lowest BCUT2D eigenvalue weighted by molar-refractivity contribution is 0.0597. The van der Waals surface area contributed by atoms with E-state index in [1.54, 1.807) is 48.7 Å². The maximum atomic E-state index is 13.2. The van der Waals surface area contributed by atoms with Crippen LogP contribution in [0.5, 0.6) is 5.75 Å². The number of fused-ring (bicyclic) bond motifs is 1. The van der Waals surface area contributed by atoms with Crippen molar-refractivity contribution < 1.29 is 23.8 Å². The number of methoxy groups -OCH3 is 1. The van der Waals surface area contributed by atoms with Crippen LogP contribution in [0.15, 0.2) is 66.9 Å². The monoisotopic (exact) mass is 464 g/mol. The van der Waals surface area contributed by atoms with Gasteiger partial charge in [-0.1, -0.05) is 35.9 Å². The Labute approximate surface area is 193 Å². The lowest BCUT2D eigenvalue weighted by Crippen LogP contribution is -2.14. The first-order valence-electron chi connectivity index (χ1n) is 9.90. The Morgan fingerprint density at radius 2 is 1.79 bits per heavy atom. The largest absolute Gasteiger partial charge is 0.505 e. The minimum Gasteiger partial charge on any atom is -0.505 e. The minimum atomic E-state index is -0.778. The van der Waals surface area contributed by atoms with Crippen molar-refractivity contribution in [2.75, 3.05) is 12.4 Å². The van der Waals surface area contributed by atoms with Gasteiger partial charge in [-0.3, -0.25) is 9.78 Å². The highest BCUT2D eigenvalue weighted by molar-refractivity contribution is 6.34. The number of ether oxygens (including phenoxy) is 1. The molecule has 0 aliphatic heterocycles. The van der Waals surface area contributed by atoms with E-state index in [0.29, 0.717) is 11.8 Å². The molecule has 0 unspecified atom stereocenters. The van der Waals surface area contributed by atoms with Gasteiger partial charge >= 0.3 is 5.97 Å². The average molecular weight is 465 g/mol. The predicted molar refractivity (Wildman–Crippen MR) is 123 cm³/mol. The minimum absolute atomic E-state index is 0.121. The first-order chi connectivity index (χ1) is 15.9. The molecule has 0 bridgehead atoms. The number of amides is 1. The van der Waals surface area contributed by atoms with Crippen LogP contribution in [0.3, 0.4) is 0 Å². The molecular weight excluding hydrogens is 447 g/mol. The number of phenolic OH excluding ortho intramolecular Hbond substituents is 1. The van der Waals surface area contributed by atoms with E-state index >= 15 is 0 Å². The summed E-state index contributed by atoms with van der Waals surface area (Å²) in [5, 5.41) is 14.1. The third kappa shape index (κ3) is 4.63. The summed E-state index contributed by atoms with van der Waals surface area (Å²) in [5.41, 5.74) is 2.09. The molecule has 0 atom stereocenters. The third-order valence-corrected chi connectivity index (χ3v) is 5.43. The third-order valence-electron chi connectivity index (χ3n) is 5.10. The van der Waals surface area contributed by atoms with Crippen molar-refractivity contribution in [3.8, 4) is 5.75 Å². The van der Waals surface area contributed by atoms with E-state index in [-0.39, 0.29) is 38.9 Å². The van der Waals surface area contributed by atoms with Crippen molar-refractivity contribution in [2.24, 2.45) is 0 Å². The van der Waals surface area contributed by atoms with Gasteiger partial charge in [-0.15, -0.1) is 0 Å². The van der Waals surface area contributed by atoms with Crippen molar-refractivity contribution in [2.45, 2.75) is 6.42 Å². The molecule has 4 aromatic rings. The van der Waals surface area contributed by atoms with Crippen LogP contribution in [0.25, 0.3) is 10.9 Å². The topological polar surface area (TPSA) is 88.5 Å². The number of anilines is 1. The lowest BCUT2D eigenvalue weighted by Gasteiger charge is -2.14. The first-order valence-corrected chi connectivity index (χ1v) is 10.3. The van der Waals surface area contributed by atoms with Gasteiger partial charge in [-0.25, -0.2) is 9.18 Å². The van der Waals surface area contributed by atoms with Gasteiger partial charge in [0.2, 0.25) is 0 Å². The van der Waals surface area contributed by atoms with Gasteiger partial charge in [0.15, 0.2) is 5.75 Å². The molecule has 1 heterocycles. The van der Waals surface area contributed by atoms with E-state index in [9.17, 15) is 19.1 Å². The van der Waals surface area contributed by atoms with Gasteiger partial charge < -0.3 is 15.2 Å². The van der Waals surface area contributed by atoms with Crippen molar-refractivity contribution in [3.05, 3.63) is 100.0 Å². The zero-order valence-corrected chi connectivity index (χ0v) is 18.2. The maximum Gasteiger partial charge on any atom is 0.341 e. The molecule has 0 radical (unpaired) electrons. The van der Waals surface area contributed by atoms with Crippen LogP contribution >= 0.6 is 11.6 Å². The first kappa shape index (κ1) is 22.2.